The summed E-state index contributed by atoms with van der Waals surface area (Å²) in [6, 6.07) is 9.57. The maximum absolute atomic E-state index is 12.4. The van der Waals surface area contributed by atoms with Gasteiger partial charge in [-0.25, -0.2) is 9.78 Å². The van der Waals surface area contributed by atoms with Crippen LogP contribution in [-0.2, 0) is 13.6 Å². The molecule has 0 aliphatic heterocycles. The van der Waals surface area contributed by atoms with E-state index in [0.29, 0.717) is 23.8 Å². The maximum atomic E-state index is 12.4. The minimum atomic E-state index is -0.457. The van der Waals surface area contributed by atoms with Crippen LogP contribution in [0.1, 0.15) is 13.3 Å². The average molecular weight is 324 g/mol. The van der Waals surface area contributed by atoms with E-state index in [1.165, 1.54) is 7.05 Å². The van der Waals surface area contributed by atoms with Gasteiger partial charge in [-0.2, -0.15) is 0 Å². The van der Waals surface area contributed by atoms with Gasteiger partial charge < -0.3 is 8.98 Å². The molecule has 4 aromatic rings. The summed E-state index contributed by atoms with van der Waals surface area (Å²) in [6.45, 7) is 2.64. The number of rotatable bonds is 3. The Morgan fingerprint density at radius 1 is 1.25 bits per heavy atom. The van der Waals surface area contributed by atoms with E-state index in [2.05, 4.69) is 9.97 Å². The van der Waals surface area contributed by atoms with Crippen LogP contribution < -0.4 is 11.2 Å². The first-order chi connectivity index (χ1) is 11.6. The molecule has 122 valence electrons. The van der Waals surface area contributed by atoms with Gasteiger partial charge in [0.05, 0.1) is 0 Å². The van der Waals surface area contributed by atoms with Crippen molar-refractivity contribution in [1.29, 1.82) is 0 Å². The summed E-state index contributed by atoms with van der Waals surface area (Å²) in [5.41, 5.74) is 0.548. The molecule has 0 saturated carbocycles. The first-order valence-corrected chi connectivity index (χ1v) is 7.78. The van der Waals surface area contributed by atoms with Crippen molar-refractivity contribution in [3.8, 4) is 11.6 Å². The Morgan fingerprint density at radius 2 is 2.04 bits per heavy atom. The monoisotopic (exact) mass is 324 g/mol. The van der Waals surface area contributed by atoms with Gasteiger partial charge in [0.15, 0.2) is 17.1 Å². The Hall–Kier alpha value is -3.09. The lowest BCUT2D eigenvalue weighted by atomic mass is 10.2. The highest BCUT2D eigenvalue weighted by Crippen LogP contribution is 2.28. The number of aryl methyl sites for hydroxylation is 1. The second kappa shape index (κ2) is 5.23. The minimum Gasteiger partial charge on any atom is -0.453 e. The Labute approximate surface area is 136 Å². The fourth-order valence-corrected chi connectivity index (χ4v) is 2.89. The van der Waals surface area contributed by atoms with Crippen LogP contribution in [-0.4, -0.2) is 19.1 Å². The number of para-hydroxylation sites is 1. The van der Waals surface area contributed by atoms with Crippen LogP contribution in [0.5, 0.6) is 0 Å². The number of benzene rings is 1. The number of imidazole rings is 1. The number of furan rings is 1. The quantitative estimate of drug-likeness (QED) is 0.626. The van der Waals surface area contributed by atoms with Gasteiger partial charge in [-0.3, -0.25) is 14.3 Å². The predicted molar refractivity (Wildman–Crippen MR) is 91.1 cm³/mol. The lowest BCUT2D eigenvalue weighted by molar-refractivity contribution is 0.609. The Bertz CT molecular complexity index is 1140. The maximum Gasteiger partial charge on any atom is 0.329 e. The molecule has 1 aromatic carbocycles. The van der Waals surface area contributed by atoms with E-state index >= 15 is 0 Å². The standard InChI is InChI=1S/C17H16N4O3/c1-3-8-21-14(12-9-10-6-4-5-7-11(10)24-12)18-13-15(21)19-17(23)20(2)16(13)22/h4-7,9H,3,8H2,1-2H3,(H,19,23). The highest BCUT2D eigenvalue weighted by Gasteiger charge is 2.19. The summed E-state index contributed by atoms with van der Waals surface area (Å²) in [6.07, 6.45) is 0.829. The molecule has 0 amide bonds. The summed E-state index contributed by atoms with van der Waals surface area (Å²) >= 11 is 0. The number of nitrogens with one attached hydrogen (secondary N) is 1. The van der Waals surface area contributed by atoms with Crippen LogP contribution in [0.3, 0.4) is 0 Å². The van der Waals surface area contributed by atoms with Crippen molar-refractivity contribution in [2.24, 2.45) is 7.05 Å². The van der Waals surface area contributed by atoms with Gasteiger partial charge in [0.2, 0.25) is 0 Å². The van der Waals surface area contributed by atoms with Crippen LogP contribution in [0.4, 0.5) is 0 Å². The van der Waals surface area contributed by atoms with E-state index in [4.69, 9.17) is 4.42 Å². The van der Waals surface area contributed by atoms with Gasteiger partial charge in [0, 0.05) is 19.0 Å². The number of aromatic nitrogens is 4. The van der Waals surface area contributed by atoms with Gasteiger partial charge in [-0.15, -0.1) is 0 Å². The fourth-order valence-electron chi connectivity index (χ4n) is 2.89. The van der Waals surface area contributed by atoms with Crippen LogP contribution in [0.2, 0.25) is 0 Å². The molecule has 0 saturated heterocycles. The average Bonchev–Trinajstić information content (AvgIpc) is 3.15. The zero-order valence-corrected chi connectivity index (χ0v) is 13.4. The van der Waals surface area contributed by atoms with Crippen molar-refractivity contribution >= 4 is 22.1 Å². The molecule has 1 N–H and O–H groups in total. The molecule has 3 aromatic heterocycles. The zero-order chi connectivity index (χ0) is 16.8. The van der Waals surface area contributed by atoms with Crippen molar-refractivity contribution in [3.63, 3.8) is 0 Å². The van der Waals surface area contributed by atoms with Gasteiger partial charge in [-0.1, -0.05) is 25.1 Å². The van der Waals surface area contributed by atoms with E-state index in [1.54, 1.807) is 0 Å². The van der Waals surface area contributed by atoms with Crippen LogP contribution in [0.25, 0.3) is 33.7 Å². The van der Waals surface area contributed by atoms with Crippen LogP contribution >= 0.6 is 0 Å². The zero-order valence-electron chi connectivity index (χ0n) is 13.4. The molecule has 0 unspecified atom stereocenters. The Kier molecular flexibility index (Phi) is 3.16. The lowest BCUT2D eigenvalue weighted by Crippen LogP contribution is -2.32. The molecule has 3 heterocycles. The van der Waals surface area contributed by atoms with Crippen molar-refractivity contribution < 1.29 is 4.42 Å². The Balaban J connectivity index is 2.07. The summed E-state index contributed by atoms with van der Waals surface area (Å²) < 4.78 is 8.74. The van der Waals surface area contributed by atoms with Crippen LogP contribution in [0.15, 0.2) is 44.3 Å². The topological polar surface area (TPSA) is 85.8 Å². The Morgan fingerprint density at radius 3 is 2.79 bits per heavy atom. The summed E-state index contributed by atoms with van der Waals surface area (Å²) in [7, 11) is 1.43. The normalized spacial score (nSPS) is 11.6. The minimum absolute atomic E-state index is 0.237. The van der Waals surface area contributed by atoms with E-state index in [-0.39, 0.29) is 5.52 Å². The third kappa shape index (κ3) is 2.01. The highest BCUT2D eigenvalue weighted by atomic mass is 16.3. The van der Waals surface area contributed by atoms with E-state index < -0.39 is 11.2 Å². The number of aromatic amines is 1. The lowest BCUT2D eigenvalue weighted by Gasteiger charge is -2.05. The summed E-state index contributed by atoms with van der Waals surface area (Å²) in [5, 5.41) is 0.962. The number of fused-ring (bicyclic) bond motifs is 2. The molecule has 0 aliphatic rings. The SMILES string of the molecule is CCCn1c(-c2cc3ccccc3o2)nc2c(=O)n(C)c(=O)[nH]c21. The van der Waals surface area contributed by atoms with E-state index in [1.807, 2.05) is 41.8 Å². The summed E-state index contributed by atoms with van der Waals surface area (Å²) in [5.74, 6) is 1.12. The van der Waals surface area contributed by atoms with E-state index in [0.717, 1.165) is 22.0 Å². The molecule has 0 bridgehead atoms. The molecule has 0 radical (unpaired) electrons. The number of H-pyrrole nitrogens is 1. The number of nitrogens with zero attached hydrogens (tertiary/aromatic N) is 3. The van der Waals surface area contributed by atoms with Crippen molar-refractivity contribution in [1.82, 2.24) is 19.1 Å². The molecule has 0 fully saturated rings. The first-order valence-electron chi connectivity index (χ1n) is 7.78. The van der Waals surface area contributed by atoms with Gasteiger partial charge in [0.25, 0.3) is 5.56 Å². The predicted octanol–water partition coefficient (Wildman–Crippen LogP) is 2.25. The van der Waals surface area contributed by atoms with Crippen molar-refractivity contribution in [2.45, 2.75) is 19.9 Å². The largest absolute Gasteiger partial charge is 0.453 e. The van der Waals surface area contributed by atoms with Gasteiger partial charge in [-0.05, 0) is 18.6 Å². The summed E-state index contributed by atoms with van der Waals surface area (Å²) in [4.78, 5) is 31.5. The van der Waals surface area contributed by atoms with Gasteiger partial charge in [0.1, 0.15) is 11.2 Å². The molecule has 4 rings (SSSR count). The molecule has 7 nitrogen and oxygen atoms in total. The van der Waals surface area contributed by atoms with E-state index in [9.17, 15) is 9.59 Å². The number of hydrogen-bond acceptors (Lipinski definition) is 4. The second-order valence-corrected chi connectivity index (χ2v) is 5.73. The molecule has 0 spiro atoms. The van der Waals surface area contributed by atoms with Crippen LogP contribution in [0, 0.1) is 0 Å². The smallest absolute Gasteiger partial charge is 0.329 e. The molecule has 24 heavy (non-hydrogen) atoms. The third-order valence-electron chi connectivity index (χ3n) is 4.10. The molecule has 7 heteroatoms. The molecule has 0 aliphatic carbocycles. The highest BCUT2D eigenvalue weighted by molar-refractivity contribution is 5.83. The number of hydrogen-bond donors (Lipinski definition) is 1. The van der Waals surface area contributed by atoms with Crippen molar-refractivity contribution in [3.05, 3.63) is 51.2 Å². The van der Waals surface area contributed by atoms with Crippen molar-refractivity contribution in [2.75, 3.05) is 0 Å². The van der Waals surface area contributed by atoms with Gasteiger partial charge >= 0.3 is 5.69 Å². The molecular weight excluding hydrogens is 308 g/mol. The fraction of sp³-hybridized carbons (Fsp3) is 0.235. The molecule has 0 atom stereocenters. The first kappa shape index (κ1) is 14.5. The second-order valence-electron chi connectivity index (χ2n) is 5.73. The third-order valence-corrected chi connectivity index (χ3v) is 4.10. The molecular formula is C17H16N4O3.